The van der Waals surface area contributed by atoms with Crippen molar-refractivity contribution >= 4 is 5.97 Å². The number of aliphatic hydroxyl groups excluding tert-OH is 1. The van der Waals surface area contributed by atoms with Crippen LogP contribution in [-0.4, -0.2) is 34.5 Å². The smallest absolute Gasteiger partial charge is 0.303 e. The number of aliphatic hydroxyl groups is 1. The van der Waals surface area contributed by atoms with Crippen molar-refractivity contribution < 1.29 is 19.7 Å². The molecule has 0 aliphatic carbocycles. The van der Waals surface area contributed by atoms with Crippen LogP contribution < -0.4 is 0 Å². The monoisotopic (exact) mass is 334 g/mol. The van der Waals surface area contributed by atoms with Crippen LogP contribution in [-0.2, 0) is 9.53 Å². The van der Waals surface area contributed by atoms with E-state index in [2.05, 4.69) is 6.92 Å². The van der Waals surface area contributed by atoms with Crippen LogP contribution in [0.1, 0.15) is 51.9 Å². The van der Waals surface area contributed by atoms with Crippen LogP contribution in [0.5, 0.6) is 0 Å². The summed E-state index contributed by atoms with van der Waals surface area (Å²) < 4.78 is 5.44. The zero-order valence-corrected chi connectivity index (χ0v) is 14.5. The van der Waals surface area contributed by atoms with E-state index in [0.717, 1.165) is 19.3 Å². The van der Waals surface area contributed by atoms with E-state index in [-0.39, 0.29) is 24.7 Å². The molecule has 0 aromatic heterocycles. The molecular weight excluding hydrogens is 304 g/mol. The topological polar surface area (TPSA) is 70.1 Å². The lowest BCUT2D eigenvalue weighted by Crippen LogP contribution is -2.00. The molecule has 1 rings (SSSR count). The molecule has 0 spiro atoms. The Balaban J connectivity index is 2.07. The van der Waals surface area contributed by atoms with Gasteiger partial charge in [-0.1, -0.05) is 74.8 Å². The first-order valence-corrected chi connectivity index (χ1v) is 8.87. The summed E-state index contributed by atoms with van der Waals surface area (Å²) in [4.78, 5) is 10.4. The molecule has 0 aromatic rings. The van der Waals surface area contributed by atoms with Crippen LogP contribution >= 0.6 is 0 Å². The van der Waals surface area contributed by atoms with E-state index < -0.39 is 5.97 Å². The summed E-state index contributed by atoms with van der Waals surface area (Å²) in [6, 6.07) is 0. The van der Waals surface area contributed by atoms with Crippen molar-refractivity contribution in [3.8, 4) is 0 Å². The van der Waals surface area contributed by atoms with Gasteiger partial charge in [0.1, 0.15) is 6.10 Å². The highest BCUT2D eigenvalue weighted by atomic mass is 16.6. The second-order valence-electron chi connectivity index (χ2n) is 6.03. The molecule has 1 saturated heterocycles. The lowest BCUT2D eigenvalue weighted by molar-refractivity contribution is -0.137. The van der Waals surface area contributed by atoms with Crippen LogP contribution in [0.4, 0.5) is 0 Å². The molecule has 0 unspecified atom stereocenters. The summed E-state index contributed by atoms with van der Waals surface area (Å²) in [5.74, 6) is -0.750. The molecular formula is C20H30O4. The summed E-state index contributed by atoms with van der Waals surface area (Å²) in [5, 5.41) is 18.3. The van der Waals surface area contributed by atoms with Crippen LogP contribution in [0.15, 0.2) is 48.6 Å². The number of epoxide rings is 1. The fourth-order valence-electron chi connectivity index (χ4n) is 2.33. The Morgan fingerprint density at radius 3 is 2.50 bits per heavy atom. The van der Waals surface area contributed by atoms with Gasteiger partial charge < -0.3 is 14.9 Å². The predicted molar refractivity (Wildman–Crippen MR) is 96.9 cm³/mol. The molecule has 1 heterocycles. The molecule has 0 bridgehead atoms. The van der Waals surface area contributed by atoms with Gasteiger partial charge in [-0.2, -0.15) is 0 Å². The Kier molecular flexibility index (Phi) is 10.8. The van der Waals surface area contributed by atoms with E-state index in [1.54, 1.807) is 0 Å². The molecule has 4 nitrogen and oxygen atoms in total. The number of allylic oxidation sites excluding steroid dienone is 6. The number of hydrogen-bond acceptors (Lipinski definition) is 3. The molecule has 2 N–H and O–H groups in total. The third-order valence-electron chi connectivity index (χ3n) is 3.79. The van der Waals surface area contributed by atoms with Crippen LogP contribution in [0.25, 0.3) is 0 Å². The first-order valence-electron chi connectivity index (χ1n) is 8.87. The first-order chi connectivity index (χ1) is 11.6. The molecule has 134 valence electrons. The fraction of sp³-hybridized carbons (Fsp3) is 0.550. The molecule has 0 saturated carbocycles. The lowest BCUT2D eigenvalue weighted by Gasteiger charge is -2.02. The molecule has 0 aromatic carbocycles. The van der Waals surface area contributed by atoms with E-state index in [0.29, 0.717) is 6.42 Å². The average Bonchev–Trinajstić information content (AvgIpc) is 3.28. The molecule has 0 radical (unpaired) electrons. The second kappa shape index (κ2) is 12.7. The molecule has 1 fully saturated rings. The minimum atomic E-state index is -0.750. The Morgan fingerprint density at radius 2 is 1.79 bits per heavy atom. The number of carboxylic acids is 1. The van der Waals surface area contributed by atoms with Crippen molar-refractivity contribution in [2.75, 3.05) is 0 Å². The number of unbranched alkanes of at least 4 members (excludes halogenated alkanes) is 2. The summed E-state index contributed by atoms with van der Waals surface area (Å²) in [5.41, 5.74) is 0. The van der Waals surface area contributed by atoms with Crippen LogP contribution in [0, 0.1) is 0 Å². The van der Waals surface area contributed by atoms with Gasteiger partial charge in [-0.3, -0.25) is 4.79 Å². The maximum atomic E-state index is 10.4. The van der Waals surface area contributed by atoms with Gasteiger partial charge in [-0.15, -0.1) is 0 Å². The SMILES string of the molecule is CCCCC[C@@H](O)/C=C/C=C\C=C\C=C\[C@@H]1O[C@@H]1CCCC(=O)O. The summed E-state index contributed by atoms with van der Waals surface area (Å²) >= 11 is 0. The second-order valence-corrected chi connectivity index (χ2v) is 6.03. The van der Waals surface area contributed by atoms with Crippen molar-refractivity contribution in [1.29, 1.82) is 0 Å². The maximum Gasteiger partial charge on any atom is 0.303 e. The quantitative estimate of drug-likeness (QED) is 0.301. The number of ether oxygens (including phenoxy) is 1. The van der Waals surface area contributed by atoms with Gasteiger partial charge in [0, 0.05) is 6.42 Å². The zero-order valence-electron chi connectivity index (χ0n) is 14.5. The minimum absolute atomic E-state index is 0.130. The van der Waals surface area contributed by atoms with Gasteiger partial charge in [-0.25, -0.2) is 0 Å². The molecule has 24 heavy (non-hydrogen) atoms. The van der Waals surface area contributed by atoms with Crippen molar-refractivity contribution in [3.63, 3.8) is 0 Å². The van der Waals surface area contributed by atoms with Crippen molar-refractivity contribution in [2.45, 2.75) is 70.2 Å². The highest BCUT2D eigenvalue weighted by Crippen LogP contribution is 2.28. The average molecular weight is 334 g/mol. The number of aliphatic carboxylic acids is 1. The molecule has 1 aliphatic rings. The normalized spacial score (nSPS) is 22.2. The van der Waals surface area contributed by atoms with Gasteiger partial charge in [-0.05, 0) is 19.3 Å². The number of rotatable bonds is 13. The molecule has 0 amide bonds. The van der Waals surface area contributed by atoms with Crippen molar-refractivity contribution in [2.24, 2.45) is 0 Å². The largest absolute Gasteiger partial charge is 0.481 e. The zero-order chi connectivity index (χ0) is 17.6. The standard InChI is InChI=1S/C20H30O4/c1-2-3-8-12-17(21)13-9-6-4-5-7-10-14-18-19(24-18)15-11-16-20(22)23/h4-7,9-10,13-14,17-19,21H,2-3,8,11-12,15-16H2,1H3,(H,22,23)/b6-4-,7-5+,13-9+,14-10+/t17-,18+,19-/m1/s1. The van der Waals surface area contributed by atoms with E-state index in [1.807, 2.05) is 48.6 Å². The predicted octanol–water partition coefficient (Wildman–Crippen LogP) is 4.17. The lowest BCUT2D eigenvalue weighted by atomic mass is 10.1. The van der Waals surface area contributed by atoms with Gasteiger partial charge in [0.25, 0.3) is 0 Å². The number of hydrogen-bond donors (Lipinski definition) is 2. The minimum Gasteiger partial charge on any atom is -0.481 e. The van der Waals surface area contributed by atoms with Crippen LogP contribution in [0.2, 0.25) is 0 Å². The van der Waals surface area contributed by atoms with Crippen LogP contribution in [0.3, 0.4) is 0 Å². The third-order valence-corrected chi connectivity index (χ3v) is 3.79. The Hall–Kier alpha value is -1.65. The molecule has 1 aliphatic heterocycles. The van der Waals surface area contributed by atoms with E-state index in [1.165, 1.54) is 12.8 Å². The Morgan fingerprint density at radius 1 is 1.08 bits per heavy atom. The van der Waals surface area contributed by atoms with E-state index in [4.69, 9.17) is 9.84 Å². The Bertz CT molecular complexity index is 462. The van der Waals surface area contributed by atoms with E-state index >= 15 is 0 Å². The highest BCUT2D eigenvalue weighted by molar-refractivity contribution is 5.66. The molecule has 3 atom stereocenters. The third kappa shape index (κ3) is 11.0. The highest BCUT2D eigenvalue weighted by Gasteiger charge is 2.35. The summed E-state index contributed by atoms with van der Waals surface area (Å²) in [6.07, 6.45) is 21.1. The van der Waals surface area contributed by atoms with E-state index in [9.17, 15) is 9.90 Å². The number of carboxylic acid groups (broad SMARTS) is 1. The van der Waals surface area contributed by atoms with Crippen molar-refractivity contribution in [3.05, 3.63) is 48.6 Å². The maximum absolute atomic E-state index is 10.4. The van der Waals surface area contributed by atoms with Gasteiger partial charge >= 0.3 is 5.97 Å². The summed E-state index contributed by atoms with van der Waals surface area (Å²) in [6.45, 7) is 2.15. The van der Waals surface area contributed by atoms with Crippen molar-refractivity contribution in [1.82, 2.24) is 0 Å². The fourth-order valence-corrected chi connectivity index (χ4v) is 2.33. The number of carbonyl (C=O) groups is 1. The first kappa shape index (κ1) is 20.4. The summed E-state index contributed by atoms with van der Waals surface area (Å²) in [7, 11) is 0. The Labute approximate surface area is 145 Å². The van der Waals surface area contributed by atoms with Gasteiger partial charge in [0.05, 0.1) is 12.2 Å². The molecule has 4 heteroatoms. The van der Waals surface area contributed by atoms with Gasteiger partial charge in [0.15, 0.2) is 0 Å². The van der Waals surface area contributed by atoms with Gasteiger partial charge in [0.2, 0.25) is 0 Å².